The molecule has 31 heavy (non-hydrogen) atoms. The van der Waals surface area contributed by atoms with Crippen LogP contribution in [0.1, 0.15) is 10.4 Å². The molecule has 0 atom stereocenters. The molecule has 0 saturated carbocycles. The summed E-state index contributed by atoms with van der Waals surface area (Å²) < 4.78 is 4.78. The molecule has 0 N–H and O–H groups in total. The number of nitro benzene ring substituents is 1. The summed E-state index contributed by atoms with van der Waals surface area (Å²) >= 11 is 1.17. The van der Waals surface area contributed by atoms with Crippen molar-refractivity contribution < 1.29 is 9.72 Å². The van der Waals surface area contributed by atoms with Gasteiger partial charge in [-0.2, -0.15) is 0 Å². The fourth-order valence-corrected chi connectivity index (χ4v) is 3.96. The van der Waals surface area contributed by atoms with Crippen LogP contribution in [-0.2, 0) is 0 Å². The molecule has 5 nitrogen and oxygen atoms in total. The quantitative estimate of drug-likeness (QED) is 0.143. The van der Waals surface area contributed by atoms with E-state index in [-0.39, 0.29) is 5.69 Å². The summed E-state index contributed by atoms with van der Waals surface area (Å²) in [6.07, 6.45) is 0.830. The van der Waals surface area contributed by atoms with Gasteiger partial charge in [-0.15, -0.1) is 0 Å². The molecule has 4 aromatic rings. The Morgan fingerprint density at radius 3 is 1.87 bits per heavy atom. The number of aldehydes is 1. The molecule has 151 valence electrons. The van der Waals surface area contributed by atoms with Gasteiger partial charge in [-0.3, -0.25) is 14.9 Å². The predicted octanol–water partition coefficient (Wildman–Crippen LogP) is 6.68. The second kappa shape index (κ2) is 9.28. The maximum absolute atomic E-state index is 11.7. The highest BCUT2D eigenvalue weighted by Crippen LogP contribution is 2.40. The summed E-state index contributed by atoms with van der Waals surface area (Å²) in [6, 6.07) is 29.5. The summed E-state index contributed by atoms with van der Waals surface area (Å²) in [5.74, 6) is 0. The number of hydrogen-bond acceptors (Lipinski definition) is 4. The maximum atomic E-state index is 11.7. The molecule has 0 aliphatic heterocycles. The van der Waals surface area contributed by atoms with Gasteiger partial charge < -0.3 is 0 Å². The second-order valence-electron chi connectivity index (χ2n) is 6.75. The van der Waals surface area contributed by atoms with E-state index in [2.05, 4.69) is 0 Å². The largest absolute Gasteiger partial charge is 0.298 e. The van der Waals surface area contributed by atoms with E-state index in [0.29, 0.717) is 16.1 Å². The molecule has 6 heteroatoms. The Labute approximate surface area is 184 Å². The van der Waals surface area contributed by atoms with Crippen molar-refractivity contribution in [3.63, 3.8) is 0 Å². The van der Waals surface area contributed by atoms with Crippen LogP contribution in [0.5, 0.6) is 0 Å². The first kappa shape index (κ1) is 20.4. The van der Waals surface area contributed by atoms with E-state index in [0.717, 1.165) is 28.5 Å². The zero-order chi connectivity index (χ0) is 21.6. The van der Waals surface area contributed by atoms with Crippen molar-refractivity contribution in [3.05, 3.63) is 113 Å². The zero-order valence-electron chi connectivity index (χ0n) is 16.3. The third-order valence-electron chi connectivity index (χ3n) is 4.71. The van der Waals surface area contributed by atoms with Crippen molar-refractivity contribution in [2.45, 2.75) is 4.90 Å². The summed E-state index contributed by atoms with van der Waals surface area (Å²) in [5.41, 5.74) is 4.78. The number of rotatable bonds is 7. The minimum Gasteiger partial charge on any atom is -0.298 e. The Bertz CT molecular complexity index is 1170. The van der Waals surface area contributed by atoms with Crippen molar-refractivity contribution in [2.24, 2.45) is 0 Å². The Hall–Kier alpha value is -3.90. The van der Waals surface area contributed by atoms with Crippen LogP contribution in [0.25, 0.3) is 22.3 Å². The van der Waals surface area contributed by atoms with Gasteiger partial charge in [0.15, 0.2) is 0 Å². The van der Waals surface area contributed by atoms with Crippen molar-refractivity contribution in [1.29, 1.82) is 0 Å². The lowest BCUT2D eigenvalue weighted by molar-refractivity contribution is -0.385. The van der Waals surface area contributed by atoms with Gasteiger partial charge in [-0.05, 0) is 29.3 Å². The van der Waals surface area contributed by atoms with Gasteiger partial charge in [0.1, 0.15) is 6.29 Å². The zero-order valence-corrected chi connectivity index (χ0v) is 17.2. The number of nitrogens with zero attached hydrogens (tertiary/aromatic N) is 2. The lowest BCUT2D eigenvalue weighted by Crippen LogP contribution is -1.97. The van der Waals surface area contributed by atoms with Gasteiger partial charge in [0, 0.05) is 45.7 Å². The maximum Gasteiger partial charge on any atom is 0.270 e. The normalized spacial score (nSPS) is 10.5. The predicted molar refractivity (Wildman–Crippen MR) is 123 cm³/mol. The first-order valence-electron chi connectivity index (χ1n) is 9.52. The molecule has 0 heterocycles. The molecular weight excluding hydrogens is 408 g/mol. The molecule has 4 aromatic carbocycles. The van der Waals surface area contributed by atoms with Crippen LogP contribution in [0.4, 0.5) is 11.4 Å². The number of non-ortho nitro benzene ring substituents is 1. The highest BCUT2D eigenvalue weighted by Gasteiger charge is 2.17. The van der Waals surface area contributed by atoms with Gasteiger partial charge in [-0.1, -0.05) is 66.7 Å². The molecule has 0 spiro atoms. The number of carbonyl (C=O) groups is 1. The van der Waals surface area contributed by atoms with Crippen LogP contribution in [0, 0.1) is 10.1 Å². The molecule has 0 fully saturated rings. The van der Waals surface area contributed by atoms with Crippen LogP contribution >= 0.6 is 11.9 Å². The summed E-state index contributed by atoms with van der Waals surface area (Å²) in [6.45, 7) is 0. The molecule has 0 saturated heterocycles. The summed E-state index contributed by atoms with van der Waals surface area (Å²) in [7, 11) is 0. The summed E-state index contributed by atoms with van der Waals surface area (Å²) in [4.78, 5) is 23.0. The van der Waals surface area contributed by atoms with Gasteiger partial charge in [0.05, 0.1) is 10.6 Å². The van der Waals surface area contributed by atoms with Crippen LogP contribution in [-0.4, -0.2) is 11.2 Å². The van der Waals surface area contributed by atoms with Gasteiger partial charge in [-0.25, -0.2) is 4.72 Å². The molecule has 0 unspecified atom stereocenters. The van der Waals surface area contributed by atoms with Crippen molar-refractivity contribution >= 4 is 29.6 Å². The first-order valence-corrected chi connectivity index (χ1v) is 10.3. The minimum absolute atomic E-state index is 0.0167. The molecule has 0 aliphatic carbocycles. The molecule has 0 amide bonds. The molecule has 1 radical (unpaired) electrons. The smallest absolute Gasteiger partial charge is 0.270 e. The third kappa shape index (κ3) is 4.65. The van der Waals surface area contributed by atoms with Gasteiger partial charge in [0.2, 0.25) is 0 Å². The molecular formula is C25H17N2O3S. The van der Waals surface area contributed by atoms with E-state index in [1.807, 2.05) is 72.8 Å². The van der Waals surface area contributed by atoms with Crippen LogP contribution in [0.2, 0.25) is 0 Å². The molecule has 0 aromatic heterocycles. The summed E-state index contributed by atoms with van der Waals surface area (Å²) in [5, 5.41) is 11.1. The fourth-order valence-electron chi connectivity index (χ4n) is 3.25. The standard InChI is InChI=1S/C25H17N2O3S/c28-17-18-14-23(19-8-3-1-4-9-19)25(24(15-18)20-10-5-2-6-11-20)26-31-22-13-7-12-21(16-22)27(29)30/h1-17H. The Morgan fingerprint density at radius 1 is 0.774 bits per heavy atom. The van der Waals surface area contributed by atoms with Crippen molar-refractivity contribution in [2.75, 3.05) is 0 Å². The number of benzene rings is 4. The Kier molecular flexibility index (Phi) is 6.10. The van der Waals surface area contributed by atoms with Gasteiger partial charge in [0.25, 0.3) is 5.69 Å². The SMILES string of the molecule is O=Cc1cc(-c2ccccc2)c([N]Sc2cccc([N+](=O)[O-])c2)c(-c2ccccc2)c1. The van der Waals surface area contributed by atoms with Crippen molar-refractivity contribution in [3.8, 4) is 22.3 Å². The van der Waals surface area contributed by atoms with Crippen molar-refractivity contribution in [1.82, 2.24) is 4.72 Å². The highest BCUT2D eigenvalue weighted by molar-refractivity contribution is 7.97. The fraction of sp³-hybridized carbons (Fsp3) is 0. The minimum atomic E-state index is -0.423. The Balaban J connectivity index is 1.83. The van der Waals surface area contributed by atoms with Crippen LogP contribution in [0.3, 0.4) is 0 Å². The first-order chi connectivity index (χ1) is 15.2. The number of carbonyl (C=O) groups excluding carboxylic acids is 1. The Morgan fingerprint density at radius 2 is 1.35 bits per heavy atom. The van der Waals surface area contributed by atoms with E-state index in [1.165, 1.54) is 24.1 Å². The lowest BCUT2D eigenvalue weighted by atomic mass is 9.94. The highest BCUT2D eigenvalue weighted by atomic mass is 32.2. The van der Waals surface area contributed by atoms with E-state index in [1.54, 1.807) is 12.1 Å². The molecule has 0 aliphatic rings. The lowest BCUT2D eigenvalue weighted by Gasteiger charge is -2.16. The average molecular weight is 425 g/mol. The molecule has 0 bridgehead atoms. The van der Waals surface area contributed by atoms with Crippen LogP contribution in [0.15, 0.2) is 102 Å². The number of hydrogen-bond donors (Lipinski definition) is 0. The van der Waals surface area contributed by atoms with E-state index in [9.17, 15) is 14.9 Å². The second-order valence-corrected chi connectivity index (χ2v) is 7.59. The van der Waals surface area contributed by atoms with E-state index in [4.69, 9.17) is 4.72 Å². The van der Waals surface area contributed by atoms with E-state index >= 15 is 0 Å². The average Bonchev–Trinajstić information content (AvgIpc) is 2.83. The van der Waals surface area contributed by atoms with Crippen LogP contribution < -0.4 is 4.72 Å². The van der Waals surface area contributed by atoms with E-state index < -0.39 is 4.92 Å². The topological polar surface area (TPSA) is 74.3 Å². The molecule has 4 rings (SSSR count). The monoisotopic (exact) mass is 425 g/mol. The number of nitro groups is 1. The third-order valence-corrected chi connectivity index (χ3v) is 5.45. The van der Waals surface area contributed by atoms with Gasteiger partial charge >= 0.3 is 0 Å².